The lowest BCUT2D eigenvalue weighted by atomic mass is 10.1. The summed E-state index contributed by atoms with van der Waals surface area (Å²) in [4.78, 5) is 13.3. The molecule has 1 aromatic carbocycles. The number of halogens is 2. The Morgan fingerprint density at radius 2 is 1.90 bits per heavy atom. The van der Waals surface area contributed by atoms with Crippen molar-refractivity contribution in [3.8, 4) is 0 Å². The average Bonchev–Trinajstić information content (AvgIpc) is 2.42. The Balaban J connectivity index is 2.13. The average molecular weight is 278 g/mol. The quantitative estimate of drug-likeness (QED) is 0.635. The predicted octanol–water partition coefficient (Wildman–Crippen LogP) is 1.87. The first kappa shape index (κ1) is 13.9. The maximum atomic E-state index is 13.5. The van der Waals surface area contributed by atoms with Crippen LogP contribution in [0.15, 0.2) is 42.7 Å². The van der Waals surface area contributed by atoms with Crippen molar-refractivity contribution in [3.63, 3.8) is 0 Å². The van der Waals surface area contributed by atoms with Crippen LogP contribution in [-0.2, 0) is 6.54 Å². The maximum absolute atomic E-state index is 13.5. The van der Waals surface area contributed by atoms with Crippen molar-refractivity contribution in [3.05, 3.63) is 70.7 Å². The zero-order chi connectivity index (χ0) is 14.7. The van der Waals surface area contributed by atoms with Crippen molar-refractivity contribution in [1.82, 2.24) is 4.90 Å². The van der Waals surface area contributed by atoms with E-state index in [1.165, 1.54) is 42.5 Å². The second-order valence-electron chi connectivity index (χ2n) is 4.34. The molecule has 0 aliphatic carbocycles. The fraction of sp³-hybridized carbons (Fsp3) is 0.143. The standard InChI is InChI=1S/C14H12F2N2O2/c1-17(9-11-2-3-12(15)8-13(11)16)14(19)10-4-6-18(20)7-5-10/h2-8H,9H2,1H3. The molecular weight excluding hydrogens is 266 g/mol. The Morgan fingerprint density at radius 3 is 2.50 bits per heavy atom. The molecule has 6 heteroatoms. The summed E-state index contributed by atoms with van der Waals surface area (Å²) in [5, 5.41) is 10.9. The lowest BCUT2D eigenvalue weighted by molar-refractivity contribution is -0.605. The molecule has 0 spiro atoms. The molecule has 0 fully saturated rings. The summed E-state index contributed by atoms with van der Waals surface area (Å²) in [5.41, 5.74) is 0.541. The van der Waals surface area contributed by atoms with E-state index < -0.39 is 11.6 Å². The number of nitrogens with zero attached hydrogens (tertiary/aromatic N) is 2. The van der Waals surface area contributed by atoms with Crippen molar-refractivity contribution in [2.24, 2.45) is 0 Å². The summed E-state index contributed by atoms with van der Waals surface area (Å²) in [7, 11) is 1.50. The van der Waals surface area contributed by atoms with Gasteiger partial charge in [-0.1, -0.05) is 6.07 Å². The second-order valence-corrected chi connectivity index (χ2v) is 4.34. The van der Waals surface area contributed by atoms with Crippen LogP contribution in [0.25, 0.3) is 0 Å². The van der Waals surface area contributed by atoms with Gasteiger partial charge in [-0.15, -0.1) is 0 Å². The molecule has 0 bridgehead atoms. The van der Waals surface area contributed by atoms with Crippen LogP contribution in [0.5, 0.6) is 0 Å². The zero-order valence-corrected chi connectivity index (χ0v) is 10.7. The predicted molar refractivity (Wildman–Crippen MR) is 67.6 cm³/mol. The Kier molecular flexibility index (Phi) is 3.93. The van der Waals surface area contributed by atoms with Gasteiger partial charge in [-0.25, -0.2) is 8.78 Å². The number of hydrogen-bond acceptors (Lipinski definition) is 2. The summed E-state index contributed by atoms with van der Waals surface area (Å²) in [5.74, 6) is -1.72. The van der Waals surface area contributed by atoms with E-state index in [1.807, 2.05) is 0 Å². The van der Waals surface area contributed by atoms with E-state index in [4.69, 9.17) is 0 Å². The number of amides is 1. The van der Waals surface area contributed by atoms with Gasteiger partial charge in [0.15, 0.2) is 12.4 Å². The van der Waals surface area contributed by atoms with Gasteiger partial charge in [0.05, 0.1) is 5.56 Å². The van der Waals surface area contributed by atoms with Crippen molar-refractivity contribution in [2.45, 2.75) is 6.54 Å². The molecule has 4 nitrogen and oxygen atoms in total. The smallest absolute Gasteiger partial charge is 0.254 e. The van der Waals surface area contributed by atoms with Crippen molar-refractivity contribution in [1.29, 1.82) is 0 Å². The van der Waals surface area contributed by atoms with Crippen molar-refractivity contribution < 1.29 is 18.3 Å². The van der Waals surface area contributed by atoms with Crippen LogP contribution in [-0.4, -0.2) is 17.9 Å². The van der Waals surface area contributed by atoms with E-state index in [0.29, 0.717) is 10.3 Å². The maximum Gasteiger partial charge on any atom is 0.254 e. The fourth-order valence-corrected chi connectivity index (χ4v) is 1.75. The van der Waals surface area contributed by atoms with E-state index in [0.717, 1.165) is 12.1 Å². The highest BCUT2D eigenvalue weighted by molar-refractivity contribution is 5.93. The van der Waals surface area contributed by atoms with Gasteiger partial charge in [0, 0.05) is 37.4 Å². The minimum absolute atomic E-state index is 0.0111. The van der Waals surface area contributed by atoms with Gasteiger partial charge in [-0.2, -0.15) is 4.73 Å². The molecule has 0 aliphatic heterocycles. The third-order valence-corrected chi connectivity index (χ3v) is 2.82. The minimum atomic E-state index is -0.699. The molecule has 2 aromatic rings. The SMILES string of the molecule is CN(Cc1ccc(F)cc1F)C(=O)c1cc[n+]([O-])cc1. The molecule has 104 valence electrons. The van der Waals surface area contributed by atoms with E-state index in [-0.39, 0.29) is 18.0 Å². The van der Waals surface area contributed by atoms with Crippen LogP contribution in [0.3, 0.4) is 0 Å². The number of pyridine rings is 1. The summed E-state index contributed by atoms with van der Waals surface area (Å²) in [6, 6.07) is 5.97. The highest BCUT2D eigenvalue weighted by atomic mass is 19.1. The summed E-state index contributed by atoms with van der Waals surface area (Å²) < 4.78 is 26.9. The van der Waals surface area contributed by atoms with Gasteiger partial charge in [-0.05, 0) is 6.07 Å². The van der Waals surface area contributed by atoms with Crippen LogP contribution in [0.2, 0.25) is 0 Å². The lowest BCUT2D eigenvalue weighted by Gasteiger charge is -2.17. The van der Waals surface area contributed by atoms with Gasteiger partial charge in [-0.3, -0.25) is 4.79 Å². The number of hydrogen-bond donors (Lipinski definition) is 0. The van der Waals surface area contributed by atoms with E-state index in [9.17, 15) is 18.8 Å². The molecule has 0 saturated carbocycles. The number of benzene rings is 1. The van der Waals surface area contributed by atoms with Crippen LogP contribution < -0.4 is 4.73 Å². The Hall–Kier alpha value is -2.50. The third kappa shape index (κ3) is 3.09. The fourth-order valence-electron chi connectivity index (χ4n) is 1.75. The van der Waals surface area contributed by atoms with Crippen LogP contribution >= 0.6 is 0 Å². The first-order valence-corrected chi connectivity index (χ1v) is 5.85. The molecule has 0 saturated heterocycles. The molecule has 2 rings (SSSR count). The molecule has 0 atom stereocenters. The topological polar surface area (TPSA) is 47.2 Å². The molecule has 20 heavy (non-hydrogen) atoms. The van der Waals surface area contributed by atoms with Gasteiger partial charge >= 0.3 is 0 Å². The summed E-state index contributed by atoms with van der Waals surface area (Å²) in [6.07, 6.45) is 2.42. The summed E-state index contributed by atoms with van der Waals surface area (Å²) in [6.45, 7) is 0.0111. The van der Waals surface area contributed by atoms with Gasteiger partial charge in [0.2, 0.25) is 0 Å². The molecule has 1 amide bonds. The Bertz CT molecular complexity index is 630. The molecule has 0 aliphatic rings. The lowest BCUT2D eigenvalue weighted by Crippen LogP contribution is -2.29. The molecule has 1 aromatic heterocycles. The monoisotopic (exact) mass is 278 g/mol. The Morgan fingerprint density at radius 1 is 1.25 bits per heavy atom. The van der Waals surface area contributed by atoms with Crippen LogP contribution in [0, 0.1) is 16.8 Å². The third-order valence-electron chi connectivity index (χ3n) is 2.82. The highest BCUT2D eigenvalue weighted by Gasteiger charge is 2.14. The number of aromatic nitrogens is 1. The first-order chi connectivity index (χ1) is 9.47. The number of carbonyl (C=O) groups is 1. The molecule has 0 radical (unpaired) electrons. The van der Waals surface area contributed by atoms with E-state index in [2.05, 4.69) is 0 Å². The second kappa shape index (κ2) is 5.64. The molecular formula is C14H12F2N2O2. The van der Waals surface area contributed by atoms with Crippen LogP contribution in [0.1, 0.15) is 15.9 Å². The molecule has 0 N–H and O–H groups in total. The van der Waals surface area contributed by atoms with Crippen molar-refractivity contribution in [2.75, 3.05) is 7.05 Å². The van der Waals surface area contributed by atoms with Gasteiger partial charge in [0.1, 0.15) is 11.6 Å². The van der Waals surface area contributed by atoms with E-state index >= 15 is 0 Å². The highest BCUT2D eigenvalue weighted by Crippen LogP contribution is 2.13. The molecule has 1 heterocycles. The summed E-state index contributed by atoms with van der Waals surface area (Å²) >= 11 is 0. The van der Waals surface area contributed by atoms with E-state index in [1.54, 1.807) is 0 Å². The zero-order valence-electron chi connectivity index (χ0n) is 10.7. The number of carbonyl (C=O) groups excluding carboxylic acids is 1. The van der Waals surface area contributed by atoms with Crippen LogP contribution in [0.4, 0.5) is 8.78 Å². The molecule has 0 unspecified atom stereocenters. The van der Waals surface area contributed by atoms with Crippen molar-refractivity contribution >= 4 is 5.91 Å². The normalized spacial score (nSPS) is 10.3. The first-order valence-electron chi connectivity index (χ1n) is 5.85. The number of rotatable bonds is 3. The van der Waals surface area contributed by atoms with Gasteiger partial charge < -0.3 is 10.1 Å². The Labute approximate surface area is 114 Å². The minimum Gasteiger partial charge on any atom is -0.619 e. The largest absolute Gasteiger partial charge is 0.619 e. The van der Waals surface area contributed by atoms with Gasteiger partial charge in [0.25, 0.3) is 5.91 Å².